The van der Waals surface area contributed by atoms with E-state index in [1.54, 1.807) is 0 Å². The zero-order chi connectivity index (χ0) is 14.0. The second-order valence-corrected chi connectivity index (χ2v) is 5.74. The molecular formula is C14H19ClN2OS. The number of ether oxygens (including phenoxy) is 1. The third-order valence-corrected chi connectivity index (χ3v) is 4.02. The number of halogens is 1. The maximum Gasteiger partial charge on any atom is 0.104 e. The second kappa shape index (κ2) is 6.07. The van der Waals surface area contributed by atoms with E-state index in [4.69, 9.17) is 34.3 Å². The maximum atomic E-state index is 6.38. The standard InChI is InChI=1S/C14H19ClN2OS/c1-3-11-8-18-9(2)7-17(11)13-5-4-10(14(16)19)6-12(13)15/h4-6,9,11H,3,7-8H2,1-2H3,(H2,16,19). The Labute approximate surface area is 124 Å². The van der Waals surface area contributed by atoms with Gasteiger partial charge in [0.15, 0.2) is 0 Å². The monoisotopic (exact) mass is 298 g/mol. The summed E-state index contributed by atoms with van der Waals surface area (Å²) in [4.78, 5) is 2.69. The average Bonchev–Trinajstić information content (AvgIpc) is 2.38. The molecule has 0 radical (unpaired) electrons. The summed E-state index contributed by atoms with van der Waals surface area (Å²) in [5.74, 6) is 0. The molecule has 0 spiro atoms. The van der Waals surface area contributed by atoms with E-state index >= 15 is 0 Å². The molecule has 0 saturated carbocycles. The van der Waals surface area contributed by atoms with Crippen LogP contribution in [0.3, 0.4) is 0 Å². The molecule has 0 amide bonds. The Morgan fingerprint density at radius 3 is 2.89 bits per heavy atom. The van der Waals surface area contributed by atoms with Crippen LogP contribution >= 0.6 is 23.8 Å². The van der Waals surface area contributed by atoms with Crippen LogP contribution in [0.2, 0.25) is 5.02 Å². The van der Waals surface area contributed by atoms with E-state index in [9.17, 15) is 0 Å². The number of nitrogens with zero attached hydrogens (tertiary/aromatic N) is 1. The van der Waals surface area contributed by atoms with Gasteiger partial charge >= 0.3 is 0 Å². The maximum absolute atomic E-state index is 6.38. The lowest BCUT2D eigenvalue weighted by Gasteiger charge is -2.40. The van der Waals surface area contributed by atoms with E-state index in [2.05, 4.69) is 18.7 Å². The van der Waals surface area contributed by atoms with Crippen molar-refractivity contribution in [3.8, 4) is 0 Å². The quantitative estimate of drug-likeness (QED) is 0.871. The molecule has 1 aromatic rings. The van der Waals surface area contributed by atoms with Gasteiger partial charge in [-0.1, -0.05) is 30.7 Å². The van der Waals surface area contributed by atoms with E-state index in [1.165, 1.54) is 0 Å². The zero-order valence-electron chi connectivity index (χ0n) is 11.2. The first kappa shape index (κ1) is 14.6. The lowest BCUT2D eigenvalue weighted by atomic mass is 10.1. The number of thiocarbonyl (C=S) groups is 1. The SMILES string of the molecule is CCC1COC(C)CN1c1ccc(C(N)=S)cc1Cl. The van der Waals surface area contributed by atoms with Gasteiger partial charge in [-0.3, -0.25) is 0 Å². The van der Waals surface area contributed by atoms with E-state index in [0.29, 0.717) is 16.1 Å². The first-order valence-corrected chi connectivity index (χ1v) is 7.29. The van der Waals surface area contributed by atoms with Gasteiger partial charge < -0.3 is 15.4 Å². The molecule has 2 atom stereocenters. The number of benzene rings is 1. The summed E-state index contributed by atoms with van der Waals surface area (Å²) >= 11 is 11.4. The van der Waals surface area contributed by atoms with Gasteiger partial charge in [0.2, 0.25) is 0 Å². The van der Waals surface area contributed by atoms with Crippen LogP contribution in [0.25, 0.3) is 0 Å². The molecule has 3 nitrogen and oxygen atoms in total. The predicted octanol–water partition coefficient (Wildman–Crippen LogP) is 2.98. The summed E-state index contributed by atoms with van der Waals surface area (Å²) in [6, 6.07) is 6.13. The van der Waals surface area contributed by atoms with Gasteiger partial charge in [-0.25, -0.2) is 0 Å². The fourth-order valence-electron chi connectivity index (χ4n) is 2.37. The first-order valence-electron chi connectivity index (χ1n) is 6.50. The Hall–Kier alpha value is -0.840. The highest BCUT2D eigenvalue weighted by molar-refractivity contribution is 7.80. The van der Waals surface area contributed by atoms with Crippen LogP contribution in [-0.2, 0) is 4.74 Å². The largest absolute Gasteiger partial charge is 0.389 e. The Kier molecular flexibility index (Phi) is 4.66. The molecule has 1 fully saturated rings. The van der Waals surface area contributed by atoms with Gasteiger partial charge in [0.1, 0.15) is 4.99 Å². The van der Waals surface area contributed by atoms with Crippen LogP contribution in [0, 0.1) is 0 Å². The summed E-state index contributed by atoms with van der Waals surface area (Å²) in [5, 5.41) is 0.692. The highest BCUT2D eigenvalue weighted by Crippen LogP contribution is 2.31. The second-order valence-electron chi connectivity index (χ2n) is 4.89. The van der Waals surface area contributed by atoms with Crippen LogP contribution < -0.4 is 10.6 Å². The third-order valence-electron chi connectivity index (χ3n) is 3.48. The Morgan fingerprint density at radius 1 is 1.58 bits per heavy atom. The zero-order valence-corrected chi connectivity index (χ0v) is 12.8. The predicted molar refractivity (Wildman–Crippen MR) is 84.2 cm³/mol. The van der Waals surface area contributed by atoms with Crippen molar-refractivity contribution in [2.75, 3.05) is 18.1 Å². The fraction of sp³-hybridized carbons (Fsp3) is 0.500. The summed E-state index contributed by atoms with van der Waals surface area (Å²) in [7, 11) is 0. The van der Waals surface area contributed by atoms with Crippen LogP contribution in [0.1, 0.15) is 25.8 Å². The number of nitrogens with two attached hydrogens (primary N) is 1. The van der Waals surface area contributed by atoms with Gasteiger partial charge in [0.25, 0.3) is 0 Å². The molecule has 1 aliphatic heterocycles. The summed E-state index contributed by atoms with van der Waals surface area (Å²) in [5.41, 5.74) is 7.46. The third kappa shape index (κ3) is 3.19. The Bertz CT molecular complexity index is 481. The molecule has 19 heavy (non-hydrogen) atoms. The topological polar surface area (TPSA) is 38.5 Å². The van der Waals surface area contributed by atoms with E-state index in [1.807, 2.05) is 18.2 Å². The smallest absolute Gasteiger partial charge is 0.104 e. The number of morpholine rings is 1. The van der Waals surface area contributed by atoms with Crippen LogP contribution in [0.5, 0.6) is 0 Å². The number of rotatable bonds is 3. The van der Waals surface area contributed by atoms with Crippen LogP contribution in [0.15, 0.2) is 18.2 Å². The molecule has 1 heterocycles. The summed E-state index contributed by atoms with van der Waals surface area (Å²) < 4.78 is 5.71. The highest BCUT2D eigenvalue weighted by atomic mass is 35.5. The molecule has 2 unspecified atom stereocenters. The normalized spacial score (nSPS) is 23.4. The van der Waals surface area contributed by atoms with Crippen LogP contribution in [0.4, 0.5) is 5.69 Å². The van der Waals surface area contributed by atoms with Gasteiger partial charge in [-0.05, 0) is 31.5 Å². The summed E-state index contributed by atoms with van der Waals surface area (Å²) in [6.45, 7) is 5.83. The minimum atomic E-state index is 0.217. The van der Waals surface area contributed by atoms with Gasteiger partial charge in [0.05, 0.1) is 29.5 Å². The van der Waals surface area contributed by atoms with Gasteiger partial charge in [-0.2, -0.15) is 0 Å². The van der Waals surface area contributed by atoms with Crippen molar-refractivity contribution in [2.24, 2.45) is 5.73 Å². The van der Waals surface area contributed by atoms with Crippen molar-refractivity contribution in [1.29, 1.82) is 0 Å². The molecule has 0 bridgehead atoms. The van der Waals surface area contributed by atoms with Gasteiger partial charge in [0, 0.05) is 12.1 Å². The molecule has 2 N–H and O–H groups in total. The fourth-order valence-corrected chi connectivity index (χ4v) is 2.79. The molecule has 1 aromatic carbocycles. The Balaban J connectivity index is 2.31. The summed E-state index contributed by atoms with van der Waals surface area (Å²) in [6.07, 6.45) is 1.24. The molecule has 1 saturated heterocycles. The number of anilines is 1. The molecule has 2 rings (SSSR count). The van der Waals surface area contributed by atoms with E-state index in [-0.39, 0.29) is 6.10 Å². The van der Waals surface area contributed by atoms with Crippen LogP contribution in [-0.4, -0.2) is 30.3 Å². The highest BCUT2D eigenvalue weighted by Gasteiger charge is 2.27. The first-order chi connectivity index (χ1) is 9.02. The van der Waals surface area contributed by atoms with E-state index in [0.717, 1.165) is 30.8 Å². The van der Waals surface area contributed by atoms with Crippen molar-refractivity contribution in [3.63, 3.8) is 0 Å². The molecule has 0 aliphatic carbocycles. The molecule has 104 valence electrons. The minimum Gasteiger partial charge on any atom is -0.389 e. The van der Waals surface area contributed by atoms with Crippen molar-refractivity contribution in [2.45, 2.75) is 32.4 Å². The Morgan fingerprint density at radius 2 is 2.32 bits per heavy atom. The molecule has 5 heteroatoms. The van der Waals surface area contributed by atoms with Crippen molar-refractivity contribution >= 4 is 34.5 Å². The number of hydrogen-bond acceptors (Lipinski definition) is 3. The lowest BCUT2D eigenvalue weighted by molar-refractivity contribution is 0.0300. The minimum absolute atomic E-state index is 0.217. The average molecular weight is 299 g/mol. The molecular weight excluding hydrogens is 280 g/mol. The molecule has 0 aromatic heterocycles. The lowest BCUT2D eigenvalue weighted by Crippen LogP contribution is -2.48. The van der Waals surface area contributed by atoms with Crippen molar-refractivity contribution < 1.29 is 4.74 Å². The number of hydrogen-bond donors (Lipinski definition) is 1. The van der Waals surface area contributed by atoms with Gasteiger partial charge in [-0.15, -0.1) is 0 Å². The van der Waals surface area contributed by atoms with E-state index < -0.39 is 0 Å². The molecule has 1 aliphatic rings. The van der Waals surface area contributed by atoms with Crippen molar-refractivity contribution in [3.05, 3.63) is 28.8 Å². The van der Waals surface area contributed by atoms with Crippen molar-refractivity contribution in [1.82, 2.24) is 0 Å².